The van der Waals surface area contributed by atoms with Crippen molar-refractivity contribution in [3.8, 4) is 0 Å². The summed E-state index contributed by atoms with van der Waals surface area (Å²) in [6.07, 6.45) is 1.28. The zero-order chi connectivity index (χ0) is 11.5. The molecule has 1 aliphatic rings. The fourth-order valence-corrected chi connectivity index (χ4v) is 1.70. The van der Waals surface area contributed by atoms with Gasteiger partial charge in [0.05, 0.1) is 0 Å². The maximum Gasteiger partial charge on any atom is 0.340 e. The highest BCUT2D eigenvalue weighted by Gasteiger charge is 2.21. The average Bonchev–Trinajstić information content (AvgIpc) is 2.30. The maximum absolute atomic E-state index is 10.9. The van der Waals surface area contributed by atoms with E-state index in [1.807, 2.05) is 30.3 Å². The molecule has 0 aromatic heterocycles. The molecule has 0 bridgehead atoms. The number of halogens is 1. The highest BCUT2D eigenvalue weighted by atomic mass is 35.5. The SMILES string of the molecule is O=C(O)C1=C(Cl)N(c2ccccc2)CN=C1. The number of para-hydroxylation sites is 1. The summed E-state index contributed by atoms with van der Waals surface area (Å²) < 4.78 is 0. The fraction of sp³-hybridized carbons (Fsp3) is 0.0909. The molecule has 0 unspecified atom stereocenters. The lowest BCUT2D eigenvalue weighted by atomic mass is 10.2. The third-order valence-electron chi connectivity index (χ3n) is 2.20. The number of anilines is 1. The second-order valence-corrected chi connectivity index (χ2v) is 3.58. The van der Waals surface area contributed by atoms with Gasteiger partial charge in [-0.05, 0) is 12.1 Å². The highest BCUT2D eigenvalue weighted by molar-refractivity contribution is 6.36. The Morgan fingerprint density at radius 2 is 2.06 bits per heavy atom. The minimum atomic E-state index is -1.07. The van der Waals surface area contributed by atoms with Gasteiger partial charge >= 0.3 is 5.97 Å². The van der Waals surface area contributed by atoms with Crippen LogP contribution in [0, 0.1) is 0 Å². The second-order valence-electron chi connectivity index (χ2n) is 3.23. The van der Waals surface area contributed by atoms with Crippen LogP contribution in [0.2, 0.25) is 0 Å². The molecule has 1 aliphatic heterocycles. The lowest BCUT2D eigenvalue weighted by Gasteiger charge is -2.25. The molecule has 0 amide bonds. The molecule has 5 heteroatoms. The number of carboxylic acid groups (broad SMARTS) is 1. The van der Waals surface area contributed by atoms with Crippen molar-refractivity contribution in [1.82, 2.24) is 0 Å². The number of hydrogen-bond donors (Lipinski definition) is 1. The molecule has 0 fully saturated rings. The highest BCUT2D eigenvalue weighted by Crippen LogP contribution is 2.25. The number of aliphatic imine (C=N–C) groups is 1. The van der Waals surface area contributed by atoms with E-state index in [4.69, 9.17) is 16.7 Å². The van der Waals surface area contributed by atoms with Crippen molar-refractivity contribution in [3.05, 3.63) is 41.1 Å². The Bertz CT molecular complexity index is 468. The summed E-state index contributed by atoms with van der Waals surface area (Å²) in [7, 11) is 0. The molecular formula is C11H9ClN2O2. The van der Waals surface area contributed by atoms with Crippen LogP contribution in [0.15, 0.2) is 46.1 Å². The summed E-state index contributed by atoms with van der Waals surface area (Å²) in [5.74, 6) is -1.07. The molecule has 0 radical (unpaired) electrons. The van der Waals surface area contributed by atoms with E-state index in [1.54, 1.807) is 4.90 Å². The van der Waals surface area contributed by atoms with E-state index < -0.39 is 5.97 Å². The largest absolute Gasteiger partial charge is 0.478 e. The van der Waals surface area contributed by atoms with Crippen LogP contribution in [0.5, 0.6) is 0 Å². The number of hydrogen-bond acceptors (Lipinski definition) is 3. The molecule has 1 aromatic rings. The normalized spacial score (nSPS) is 15.4. The number of benzene rings is 1. The summed E-state index contributed by atoms with van der Waals surface area (Å²) in [4.78, 5) is 16.5. The van der Waals surface area contributed by atoms with Crippen molar-refractivity contribution in [2.24, 2.45) is 4.99 Å². The third kappa shape index (κ3) is 1.92. The van der Waals surface area contributed by atoms with Gasteiger partial charge < -0.3 is 10.0 Å². The van der Waals surface area contributed by atoms with E-state index >= 15 is 0 Å². The summed E-state index contributed by atoms with van der Waals surface area (Å²) in [5.41, 5.74) is 0.833. The second kappa shape index (κ2) is 4.37. The van der Waals surface area contributed by atoms with Gasteiger partial charge in [-0.15, -0.1) is 0 Å². The Kier molecular flexibility index (Phi) is 2.92. The maximum atomic E-state index is 10.9. The average molecular weight is 237 g/mol. The van der Waals surface area contributed by atoms with E-state index in [-0.39, 0.29) is 10.7 Å². The van der Waals surface area contributed by atoms with Gasteiger partial charge in [0.15, 0.2) is 0 Å². The van der Waals surface area contributed by atoms with E-state index in [0.29, 0.717) is 6.67 Å². The van der Waals surface area contributed by atoms with Crippen molar-refractivity contribution < 1.29 is 9.90 Å². The molecule has 1 heterocycles. The molecule has 16 heavy (non-hydrogen) atoms. The molecule has 1 N–H and O–H groups in total. The number of aliphatic carboxylic acids is 1. The van der Waals surface area contributed by atoms with Crippen LogP contribution in [0.3, 0.4) is 0 Å². The molecule has 1 aromatic carbocycles. The van der Waals surface area contributed by atoms with Gasteiger partial charge in [0.2, 0.25) is 0 Å². The number of nitrogens with zero attached hydrogens (tertiary/aromatic N) is 2. The molecule has 0 saturated carbocycles. The Morgan fingerprint density at radius 1 is 1.38 bits per heavy atom. The minimum Gasteiger partial charge on any atom is -0.478 e. The quantitative estimate of drug-likeness (QED) is 0.800. The van der Waals surface area contributed by atoms with Crippen molar-refractivity contribution in [2.75, 3.05) is 11.6 Å². The predicted molar refractivity (Wildman–Crippen MR) is 62.8 cm³/mol. The summed E-state index contributed by atoms with van der Waals surface area (Å²) in [6, 6.07) is 9.30. The van der Waals surface area contributed by atoms with Crippen molar-refractivity contribution in [2.45, 2.75) is 0 Å². The molecule has 0 aliphatic carbocycles. The van der Waals surface area contributed by atoms with Crippen molar-refractivity contribution in [3.63, 3.8) is 0 Å². The smallest absolute Gasteiger partial charge is 0.340 e. The van der Waals surface area contributed by atoms with Gasteiger partial charge in [-0.2, -0.15) is 0 Å². The van der Waals surface area contributed by atoms with Crippen LogP contribution in [-0.2, 0) is 4.79 Å². The van der Waals surface area contributed by atoms with Crippen LogP contribution in [0.4, 0.5) is 5.69 Å². The molecule has 4 nitrogen and oxygen atoms in total. The molecule has 2 rings (SSSR count). The first kappa shape index (κ1) is 10.7. The lowest BCUT2D eigenvalue weighted by Crippen LogP contribution is -2.27. The van der Waals surface area contributed by atoms with Crippen LogP contribution < -0.4 is 4.90 Å². The first-order chi connectivity index (χ1) is 7.70. The molecule has 0 atom stereocenters. The monoisotopic (exact) mass is 236 g/mol. The van der Waals surface area contributed by atoms with Gasteiger partial charge in [0.25, 0.3) is 0 Å². The van der Waals surface area contributed by atoms with E-state index in [9.17, 15) is 4.79 Å². The van der Waals surface area contributed by atoms with Crippen LogP contribution >= 0.6 is 11.6 Å². The first-order valence-corrected chi connectivity index (χ1v) is 5.03. The molecule has 0 spiro atoms. The summed E-state index contributed by atoms with van der Waals surface area (Å²) in [5, 5.41) is 9.10. The standard InChI is InChI=1S/C11H9ClN2O2/c12-10-9(11(15)16)6-13-7-14(10)8-4-2-1-3-5-8/h1-6H,7H2,(H,15,16). The molecular weight excluding hydrogens is 228 g/mol. The third-order valence-corrected chi connectivity index (χ3v) is 2.61. The van der Waals surface area contributed by atoms with Crippen LogP contribution in [0.25, 0.3) is 0 Å². The zero-order valence-electron chi connectivity index (χ0n) is 8.30. The fourth-order valence-electron chi connectivity index (χ4n) is 1.42. The van der Waals surface area contributed by atoms with E-state index in [0.717, 1.165) is 5.69 Å². The number of carbonyl (C=O) groups is 1. The first-order valence-electron chi connectivity index (χ1n) is 4.65. The van der Waals surface area contributed by atoms with Gasteiger partial charge in [0, 0.05) is 11.9 Å². The van der Waals surface area contributed by atoms with Crippen LogP contribution in [0.1, 0.15) is 0 Å². The minimum absolute atomic E-state index is 0.0109. The van der Waals surface area contributed by atoms with Gasteiger partial charge in [-0.3, -0.25) is 4.99 Å². The Hall–Kier alpha value is -1.81. The van der Waals surface area contributed by atoms with Crippen molar-refractivity contribution in [1.29, 1.82) is 0 Å². The summed E-state index contributed by atoms with van der Waals surface area (Å²) >= 11 is 6.01. The zero-order valence-corrected chi connectivity index (χ0v) is 9.05. The Morgan fingerprint density at radius 3 is 2.69 bits per heavy atom. The Balaban J connectivity index is 2.39. The Labute approximate surface area is 97.5 Å². The number of carboxylic acids is 1. The van der Waals surface area contributed by atoms with E-state index in [2.05, 4.69) is 4.99 Å². The van der Waals surface area contributed by atoms with Crippen LogP contribution in [-0.4, -0.2) is 24.0 Å². The number of rotatable bonds is 2. The van der Waals surface area contributed by atoms with Gasteiger partial charge in [-0.25, -0.2) is 4.79 Å². The lowest BCUT2D eigenvalue weighted by molar-refractivity contribution is -0.132. The van der Waals surface area contributed by atoms with Gasteiger partial charge in [-0.1, -0.05) is 29.8 Å². The predicted octanol–water partition coefficient (Wildman–Crippen LogP) is 2.07. The van der Waals surface area contributed by atoms with Gasteiger partial charge in [0.1, 0.15) is 17.4 Å². The summed E-state index contributed by atoms with van der Waals surface area (Å²) in [6.45, 7) is 0.333. The molecule has 82 valence electrons. The van der Waals surface area contributed by atoms with Crippen molar-refractivity contribution >= 4 is 29.5 Å². The molecule has 0 saturated heterocycles. The van der Waals surface area contributed by atoms with E-state index in [1.165, 1.54) is 6.21 Å². The topological polar surface area (TPSA) is 52.9 Å².